The van der Waals surface area contributed by atoms with Crippen LogP contribution in [0.15, 0.2) is 48.8 Å². The van der Waals surface area contributed by atoms with Crippen molar-refractivity contribution in [3.05, 3.63) is 59.4 Å². The van der Waals surface area contributed by atoms with E-state index >= 15 is 0 Å². The largest absolute Gasteiger partial charge is 0.494 e. The van der Waals surface area contributed by atoms with Crippen molar-refractivity contribution < 1.29 is 14.1 Å². The van der Waals surface area contributed by atoms with Crippen molar-refractivity contribution >= 4 is 17.5 Å². The van der Waals surface area contributed by atoms with E-state index in [0.717, 1.165) is 24.2 Å². The Balaban J connectivity index is 1.65. The lowest BCUT2D eigenvalue weighted by Crippen LogP contribution is -2.49. The van der Waals surface area contributed by atoms with Gasteiger partial charge in [0.2, 0.25) is 12.1 Å². The molecule has 1 N–H and O–H groups in total. The highest BCUT2D eigenvalue weighted by Crippen LogP contribution is 2.23. The number of nitrogens with one attached hydrogen (secondary N) is 1. The van der Waals surface area contributed by atoms with Gasteiger partial charge in [0, 0.05) is 23.6 Å². The molecule has 1 amide bonds. The summed E-state index contributed by atoms with van der Waals surface area (Å²) in [5.74, 6) is 0.727. The summed E-state index contributed by atoms with van der Waals surface area (Å²) >= 11 is 6.44. The van der Waals surface area contributed by atoms with E-state index in [0.29, 0.717) is 11.6 Å². The highest BCUT2D eigenvalue weighted by Gasteiger charge is 2.19. The Kier molecular flexibility index (Phi) is 13.6. The number of hydrogen-bond donors (Lipinski definition) is 1. The first kappa shape index (κ1) is 27.2. The third kappa shape index (κ3) is 11.1. The Hall–Kier alpha value is -2.07. The number of benzene rings is 1. The molecule has 1 unspecified atom stereocenters. The Morgan fingerprint density at radius 1 is 0.939 bits per heavy atom. The van der Waals surface area contributed by atoms with Crippen LogP contribution < -0.4 is 14.6 Å². The summed E-state index contributed by atoms with van der Waals surface area (Å²) in [6.07, 6.45) is 18.0. The first-order chi connectivity index (χ1) is 16.1. The molecule has 0 aliphatic heterocycles. The second-order valence-electron chi connectivity index (χ2n) is 8.77. The van der Waals surface area contributed by atoms with Crippen LogP contribution >= 0.6 is 11.6 Å². The van der Waals surface area contributed by atoms with Gasteiger partial charge in [0.25, 0.3) is 0 Å². The second kappa shape index (κ2) is 16.5. The molecular weight excluding hydrogens is 432 g/mol. The van der Waals surface area contributed by atoms with Gasteiger partial charge in [-0.15, -0.1) is 0 Å². The molecule has 0 fully saturated rings. The predicted molar refractivity (Wildman–Crippen MR) is 137 cm³/mol. The lowest BCUT2D eigenvalue weighted by molar-refractivity contribution is -0.727. The van der Waals surface area contributed by atoms with Crippen LogP contribution in [0.2, 0.25) is 5.02 Å². The quantitative estimate of drug-likeness (QED) is 0.195. The van der Waals surface area contributed by atoms with Crippen molar-refractivity contribution in [3.8, 4) is 5.75 Å². The molecule has 0 radical (unpaired) electrons. The van der Waals surface area contributed by atoms with Gasteiger partial charge in [0.15, 0.2) is 12.4 Å². The highest BCUT2D eigenvalue weighted by molar-refractivity contribution is 6.31. The summed E-state index contributed by atoms with van der Waals surface area (Å²) in [4.78, 5) is 12.6. The maximum atomic E-state index is 12.6. The van der Waals surface area contributed by atoms with Crippen LogP contribution in [-0.4, -0.2) is 12.5 Å². The van der Waals surface area contributed by atoms with Crippen LogP contribution in [0.5, 0.6) is 5.75 Å². The number of carbonyl (C=O) groups excluding carboxylic acids is 1. The van der Waals surface area contributed by atoms with Crippen LogP contribution in [-0.2, 0) is 11.2 Å². The van der Waals surface area contributed by atoms with Crippen LogP contribution in [0.25, 0.3) is 0 Å². The molecule has 0 saturated heterocycles. The minimum atomic E-state index is -0.0684. The van der Waals surface area contributed by atoms with Crippen LogP contribution in [0.3, 0.4) is 0 Å². The zero-order chi connectivity index (χ0) is 23.7. The standard InChI is InChI=1S/C28H41ClN2O2/c1-3-5-6-7-8-9-10-11-12-16-21-33-25-18-17-24(26(29)23-25)22-28(32)30-27(4-2)31-19-14-13-15-20-31/h13-15,17-20,23,27H,3-12,16,21-22H2,1-2H3/p+1. The van der Waals surface area contributed by atoms with Gasteiger partial charge in [-0.05, 0) is 24.1 Å². The minimum absolute atomic E-state index is 0.0425. The van der Waals surface area contributed by atoms with Crippen LogP contribution in [0.4, 0.5) is 0 Å². The molecule has 5 heteroatoms. The molecule has 1 atom stereocenters. The first-order valence-electron chi connectivity index (χ1n) is 12.8. The third-order valence-electron chi connectivity index (χ3n) is 5.95. The number of nitrogens with zero attached hydrogens (tertiary/aromatic N) is 1. The van der Waals surface area contributed by atoms with Crippen molar-refractivity contribution in [1.82, 2.24) is 5.32 Å². The second-order valence-corrected chi connectivity index (χ2v) is 9.18. The molecule has 2 aromatic rings. The molecule has 0 spiro atoms. The zero-order valence-corrected chi connectivity index (χ0v) is 21.3. The summed E-state index contributed by atoms with van der Waals surface area (Å²) in [7, 11) is 0. The topological polar surface area (TPSA) is 42.2 Å². The third-order valence-corrected chi connectivity index (χ3v) is 6.31. The van der Waals surface area contributed by atoms with E-state index < -0.39 is 0 Å². The number of aromatic nitrogens is 1. The van der Waals surface area contributed by atoms with E-state index in [9.17, 15) is 4.79 Å². The van der Waals surface area contributed by atoms with E-state index in [1.165, 1.54) is 57.8 Å². The Bertz CT molecular complexity index is 798. The molecule has 33 heavy (non-hydrogen) atoms. The lowest BCUT2D eigenvalue weighted by atomic mass is 10.1. The predicted octanol–water partition coefficient (Wildman–Crippen LogP) is 7.19. The number of pyridine rings is 1. The maximum Gasteiger partial charge on any atom is 0.233 e. The van der Waals surface area contributed by atoms with Gasteiger partial charge in [-0.3, -0.25) is 10.1 Å². The number of carbonyl (C=O) groups is 1. The van der Waals surface area contributed by atoms with Crippen molar-refractivity contribution in [1.29, 1.82) is 0 Å². The molecule has 2 rings (SSSR count). The molecular formula is C28H42ClN2O2+. The van der Waals surface area contributed by atoms with Gasteiger partial charge in [0.05, 0.1) is 13.0 Å². The monoisotopic (exact) mass is 473 g/mol. The van der Waals surface area contributed by atoms with E-state index in [2.05, 4.69) is 19.2 Å². The van der Waals surface area contributed by atoms with Gasteiger partial charge in [-0.1, -0.05) is 95.4 Å². The number of amides is 1. The fraction of sp³-hybridized carbons (Fsp3) is 0.571. The maximum absolute atomic E-state index is 12.6. The summed E-state index contributed by atoms with van der Waals surface area (Å²) in [5, 5.41) is 3.66. The Morgan fingerprint density at radius 2 is 1.58 bits per heavy atom. The fourth-order valence-corrected chi connectivity index (χ4v) is 4.20. The smallest absolute Gasteiger partial charge is 0.233 e. The summed E-state index contributed by atoms with van der Waals surface area (Å²) in [5.41, 5.74) is 0.813. The first-order valence-corrected chi connectivity index (χ1v) is 13.2. The minimum Gasteiger partial charge on any atom is -0.494 e. The molecule has 1 aromatic carbocycles. The van der Waals surface area contributed by atoms with Crippen molar-refractivity contribution in [2.75, 3.05) is 6.61 Å². The number of rotatable bonds is 17. The molecule has 4 nitrogen and oxygen atoms in total. The van der Waals surface area contributed by atoms with Gasteiger partial charge < -0.3 is 4.74 Å². The summed E-state index contributed by atoms with van der Waals surface area (Å²) in [6, 6.07) is 11.5. The molecule has 0 aliphatic carbocycles. The van der Waals surface area contributed by atoms with Crippen LogP contribution in [0.1, 0.15) is 96.2 Å². The van der Waals surface area contributed by atoms with E-state index in [4.69, 9.17) is 16.3 Å². The SMILES string of the molecule is CCCCCCCCCCCCOc1ccc(CC(=O)NC(CC)[n+]2ccccc2)c(Cl)c1. The number of halogens is 1. The lowest BCUT2D eigenvalue weighted by Gasteiger charge is -2.13. The van der Waals surface area contributed by atoms with E-state index in [1.54, 1.807) is 0 Å². The number of ether oxygens (including phenoxy) is 1. The number of hydrogen-bond acceptors (Lipinski definition) is 2. The van der Waals surface area contributed by atoms with Gasteiger partial charge >= 0.3 is 0 Å². The Morgan fingerprint density at radius 3 is 2.18 bits per heavy atom. The molecule has 0 aliphatic rings. The van der Waals surface area contributed by atoms with E-state index in [-0.39, 0.29) is 18.5 Å². The summed E-state index contributed by atoms with van der Waals surface area (Å²) < 4.78 is 7.87. The van der Waals surface area contributed by atoms with Gasteiger partial charge in [-0.25, -0.2) is 0 Å². The van der Waals surface area contributed by atoms with Gasteiger partial charge in [-0.2, -0.15) is 4.57 Å². The van der Waals surface area contributed by atoms with Gasteiger partial charge in [0.1, 0.15) is 5.75 Å². The Labute approximate surface area is 205 Å². The molecule has 0 saturated carbocycles. The summed E-state index contributed by atoms with van der Waals surface area (Å²) in [6.45, 7) is 5.02. The van der Waals surface area contributed by atoms with E-state index in [1.807, 2.05) is 53.4 Å². The molecule has 182 valence electrons. The zero-order valence-electron chi connectivity index (χ0n) is 20.5. The van der Waals surface area contributed by atoms with Crippen molar-refractivity contribution in [2.24, 2.45) is 0 Å². The normalized spacial score (nSPS) is 11.8. The van der Waals surface area contributed by atoms with Crippen LogP contribution in [0, 0.1) is 0 Å². The average Bonchev–Trinajstić information content (AvgIpc) is 2.83. The highest BCUT2D eigenvalue weighted by atomic mass is 35.5. The molecule has 0 bridgehead atoms. The fourth-order valence-electron chi connectivity index (χ4n) is 3.96. The van der Waals surface area contributed by atoms with Crippen molar-refractivity contribution in [3.63, 3.8) is 0 Å². The molecule has 1 aromatic heterocycles. The molecule has 1 heterocycles. The average molecular weight is 474 g/mol. The number of unbranched alkanes of at least 4 members (excludes halogenated alkanes) is 9. The van der Waals surface area contributed by atoms with Crippen molar-refractivity contribution in [2.45, 2.75) is 97.1 Å².